The van der Waals surface area contributed by atoms with Crippen molar-refractivity contribution in [2.45, 2.75) is 17.7 Å². The Hall–Kier alpha value is -3.59. The largest absolute Gasteiger partial charge is 0.473 e. The van der Waals surface area contributed by atoms with Crippen molar-refractivity contribution < 1.29 is 26.3 Å². The first-order valence-corrected chi connectivity index (χ1v) is 11.8. The van der Waals surface area contributed by atoms with E-state index in [1.807, 2.05) is 0 Å². The van der Waals surface area contributed by atoms with Crippen molar-refractivity contribution in [3.8, 4) is 22.7 Å². The summed E-state index contributed by atoms with van der Waals surface area (Å²) in [6.45, 7) is 0.0273. The molecule has 0 aliphatic rings. The molecule has 0 unspecified atom stereocenters. The third kappa shape index (κ3) is 5.25. The molecule has 0 bridgehead atoms. The third-order valence-corrected chi connectivity index (χ3v) is 6.01. The lowest BCUT2D eigenvalue weighted by Gasteiger charge is -2.10. The van der Waals surface area contributed by atoms with E-state index in [1.54, 1.807) is 72.8 Å². The molecule has 0 spiro atoms. The van der Waals surface area contributed by atoms with E-state index < -0.39 is 21.7 Å². The number of sulfone groups is 1. The minimum absolute atomic E-state index is 0.0273. The minimum atomic E-state index is -4.60. The molecule has 4 rings (SSSR count). The molecule has 1 aromatic heterocycles. The van der Waals surface area contributed by atoms with Gasteiger partial charge in [-0.05, 0) is 41.0 Å². The van der Waals surface area contributed by atoms with Gasteiger partial charge in [0, 0.05) is 12.3 Å². The number of hydrogen-bond donors (Lipinski definition) is 0. The van der Waals surface area contributed by atoms with Crippen LogP contribution in [0.3, 0.4) is 0 Å². The number of hydrogen-bond acceptors (Lipinski definition) is 4. The highest BCUT2D eigenvalue weighted by atomic mass is 32.2. The van der Waals surface area contributed by atoms with Crippen LogP contribution in [0.4, 0.5) is 13.2 Å². The Kier molecular flexibility index (Phi) is 5.99. The number of rotatable bonds is 6. The zero-order valence-corrected chi connectivity index (χ0v) is 18.3. The van der Waals surface area contributed by atoms with Gasteiger partial charge in [-0.25, -0.2) is 13.1 Å². The van der Waals surface area contributed by atoms with E-state index in [2.05, 4.69) is 5.10 Å². The molecule has 1 heterocycles. The number of halogens is 3. The normalized spacial score (nSPS) is 12.0. The molecule has 0 atom stereocenters. The van der Waals surface area contributed by atoms with Crippen LogP contribution in [-0.4, -0.2) is 24.5 Å². The highest BCUT2D eigenvalue weighted by molar-refractivity contribution is 7.90. The summed E-state index contributed by atoms with van der Waals surface area (Å²) in [5.74, 6) is -0.0292. The van der Waals surface area contributed by atoms with Crippen molar-refractivity contribution >= 4 is 9.84 Å². The maximum atomic E-state index is 13.2. The summed E-state index contributed by atoms with van der Waals surface area (Å²) in [5, 5.41) is 3.66. The van der Waals surface area contributed by atoms with E-state index in [0.29, 0.717) is 5.69 Å². The van der Waals surface area contributed by atoms with Gasteiger partial charge in [-0.2, -0.15) is 18.3 Å². The Morgan fingerprint density at radius 3 is 2.21 bits per heavy atom. The molecule has 0 aliphatic heterocycles. The quantitative estimate of drug-likeness (QED) is 0.370. The first-order valence-electron chi connectivity index (χ1n) is 9.86. The van der Waals surface area contributed by atoms with Crippen LogP contribution in [0.15, 0.2) is 89.8 Å². The zero-order chi connectivity index (χ0) is 23.6. The molecule has 3 aromatic carbocycles. The lowest BCUT2D eigenvalue weighted by Crippen LogP contribution is -2.07. The standard InChI is InChI=1S/C24H19F3N2O3S/c1-33(30,31)21-9-5-6-19(14-21)18-12-10-17(11-13-18)16-32-23-15-22(24(25,26)27)28-29(23)20-7-3-2-4-8-20/h2-15H,16H2,1H3. The average Bonchev–Trinajstić information content (AvgIpc) is 3.23. The van der Waals surface area contributed by atoms with Gasteiger partial charge in [0.25, 0.3) is 0 Å². The Bertz CT molecular complexity index is 1360. The summed E-state index contributed by atoms with van der Waals surface area (Å²) in [4.78, 5) is 0.224. The van der Waals surface area contributed by atoms with Crippen molar-refractivity contribution in [2.24, 2.45) is 0 Å². The number of para-hydroxylation sites is 1. The average molecular weight is 472 g/mol. The molecule has 33 heavy (non-hydrogen) atoms. The number of alkyl halides is 3. The van der Waals surface area contributed by atoms with E-state index in [-0.39, 0.29) is 17.4 Å². The smallest absolute Gasteiger partial charge is 0.435 e. The molecule has 0 saturated carbocycles. The summed E-state index contributed by atoms with van der Waals surface area (Å²) in [7, 11) is -3.32. The molecule has 170 valence electrons. The second kappa shape index (κ2) is 8.74. The fraction of sp³-hybridized carbons (Fsp3) is 0.125. The van der Waals surface area contributed by atoms with Gasteiger partial charge < -0.3 is 4.74 Å². The molecule has 9 heteroatoms. The molecule has 0 saturated heterocycles. The van der Waals surface area contributed by atoms with Gasteiger partial charge in [-0.15, -0.1) is 0 Å². The monoisotopic (exact) mass is 472 g/mol. The summed E-state index contributed by atoms with van der Waals surface area (Å²) in [6, 6.07) is 23.1. The van der Waals surface area contributed by atoms with Crippen LogP contribution in [0.5, 0.6) is 5.88 Å². The molecule has 0 amide bonds. The van der Waals surface area contributed by atoms with Crippen LogP contribution in [0.1, 0.15) is 11.3 Å². The minimum Gasteiger partial charge on any atom is -0.473 e. The molecule has 5 nitrogen and oxygen atoms in total. The van der Waals surface area contributed by atoms with Crippen LogP contribution in [-0.2, 0) is 22.6 Å². The molecular formula is C24H19F3N2O3S. The van der Waals surface area contributed by atoms with Gasteiger partial charge in [0.05, 0.1) is 10.6 Å². The van der Waals surface area contributed by atoms with Gasteiger partial charge in [0.15, 0.2) is 15.5 Å². The molecule has 4 aromatic rings. The Morgan fingerprint density at radius 2 is 1.58 bits per heavy atom. The van der Waals surface area contributed by atoms with Crippen LogP contribution >= 0.6 is 0 Å². The van der Waals surface area contributed by atoms with E-state index in [1.165, 1.54) is 6.07 Å². The van der Waals surface area contributed by atoms with Gasteiger partial charge in [-0.1, -0.05) is 54.6 Å². The summed E-state index contributed by atoms with van der Waals surface area (Å²) < 4.78 is 70.0. The van der Waals surface area contributed by atoms with Crippen LogP contribution < -0.4 is 4.74 Å². The van der Waals surface area contributed by atoms with Crippen LogP contribution in [0.25, 0.3) is 16.8 Å². The van der Waals surface area contributed by atoms with Gasteiger partial charge in [0.1, 0.15) is 6.61 Å². The Balaban J connectivity index is 1.55. The number of benzene rings is 3. The van der Waals surface area contributed by atoms with Crippen molar-refractivity contribution in [1.29, 1.82) is 0 Å². The SMILES string of the molecule is CS(=O)(=O)c1cccc(-c2ccc(COc3cc(C(F)(F)F)nn3-c3ccccc3)cc2)c1. The lowest BCUT2D eigenvalue weighted by atomic mass is 10.0. The highest BCUT2D eigenvalue weighted by Crippen LogP contribution is 2.32. The van der Waals surface area contributed by atoms with E-state index in [4.69, 9.17) is 4.74 Å². The maximum Gasteiger partial charge on any atom is 0.435 e. The molecule has 0 aliphatic carbocycles. The van der Waals surface area contributed by atoms with Crippen LogP contribution in [0, 0.1) is 0 Å². The van der Waals surface area contributed by atoms with E-state index in [0.717, 1.165) is 33.7 Å². The lowest BCUT2D eigenvalue weighted by molar-refractivity contribution is -0.141. The fourth-order valence-corrected chi connectivity index (χ4v) is 3.88. The van der Waals surface area contributed by atoms with E-state index >= 15 is 0 Å². The number of ether oxygens (including phenoxy) is 1. The van der Waals surface area contributed by atoms with Crippen LogP contribution in [0.2, 0.25) is 0 Å². The van der Waals surface area contributed by atoms with Crippen molar-refractivity contribution in [3.05, 3.63) is 96.2 Å². The highest BCUT2D eigenvalue weighted by Gasteiger charge is 2.35. The fourth-order valence-electron chi connectivity index (χ4n) is 3.22. The summed E-state index contributed by atoms with van der Waals surface area (Å²) in [6.07, 6.45) is -3.45. The summed E-state index contributed by atoms with van der Waals surface area (Å²) in [5.41, 5.74) is 1.68. The van der Waals surface area contributed by atoms with Crippen molar-refractivity contribution in [1.82, 2.24) is 9.78 Å². The topological polar surface area (TPSA) is 61.2 Å². The molecule has 0 radical (unpaired) electrons. The summed E-state index contributed by atoms with van der Waals surface area (Å²) >= 11 is 0. The first kappa shape index (κ1) is 22.6. The molecule has 0 fully saturated rings. The zero-order valence-electron chi connectivity index (χ0n) is 17.5. The van der Waals surface area contributed by atoms with Crippen molar-refractivity contribution in [3.63, 3.8) is 0 Å². The Labute approximate surface area is 189 Å². The predicted octanol–water partition coefficient (Wildman–Crippen LogP) is 5.54. The van der Waals surface area contributed by atoms with Gasteiger partial charge >= 0.3 is 6.18 Å². The first-order chi connectivity index (χ1) is 15.6. The third-order valence-electron chi connectivity index (χ3n) is 4.90. The Morgan fingerprint density at radius 1 is 0.879 bits per heavy atom. The predicted molar refractivity (Wildman–Crippen MR) is 118 cm³/mol. The second-order valence-corrected chi connectivity index (χ2v) is 9.41. The number of nitrogens with zero attached hydrogens (tertiary/aromatic N) is 2. The van der Waals surface area contributed by atoms with Gasteiger partial charge in [-0.3, -0.25) is 0 Å². The molecular weight excluding hydrogens is 453 g/mol. The van der Waals surface area contributed by atoms with E-state index in [9.17, 15) is 21.6 Å². The second-order valence-electron chi connectivity index (χ2n) is 7.40. The molecule has 0 N–H and O–H groups in total. The van der Waals surface area contributed by atoms with Gasteiger partial charge in [0.2, 0.25) is 5.88 Å². The van der Waals surface area contributed by atoms with Crippen molar-refractivity contribution in [2.75, 3.05) is 6.26 Å². The maximum absolute atomic E-state index is 13.2. The number of aromatic nitrogens is 2.